The van der Waals surface area contributed by atoms with E-state index >= 15 is 0 Å². The number of para-hydroxylation sites is 1. The Morgan fingerprint density at radius 3 is 2.66 bits per heavy atom. The Bertz CT molecular complexity index is 963. The fraction of sp³-hybridized carbons (Fsp3) is 0.286. The molecule has 0 aliphatic carbocycles. The molecule has 8 heteroatoms. The molecule has 1 fully saturated rings. The summed E-state index contributed by atoms with van der Waals surface area (Å²) in [4.78, 5) is 13.5. The van der Waals surface area contributed by atoms with Crippen LogP contribution < -0.4 is 10.2 Å². The van der Waals surface area contributed by atoms with Gasteiger partial charge >= 0.3 is 0 Å². The lowest BCUT2D eigenvalue weighted by Gasteiger charge is -2.38. The summed E-state index contributed by atoms with van der Waals surface area (Å²) >= 11 is 6.35. The zero-order chi connectivity index (χ0) is 20.1. The number of nitrogens with zero attached hydrogens (tertiary/aromatic N) is 6. The molecule has 0 amide bonds. The molecular formula is C21H24ClN7. The van der Waals surface area contributed by atoms with Crippen molar-refractivity contribution in [2.24, 2.45) is 4.99 Å². The molecule has 150 valence electrons. The predicted octanol–water partition coefficient (Wildman–Crippen LogP) is 2.82. The average Bonchev–Trinajstić information content (AvgIpc) is 3.30. The number of anilines is 1. The first kappa shape index (κ1) is 19.3. The molecule has 3 aromatic rings. The van der Waals surface area contributed by atoms with E-state index in [1.54, 1.807) is 17.1 Å². The molecule has 1 N–H and O–H groups in total. The fourth-order valence-corrected chi connectivity index (χ4v) is 3.74. The highest BCUT2D eigenvalue weighted by Gasteiger charge is 2.21. The van der Waals surface area contributed by atoms with Crippen LogP contribution >= 0.6 is 11.6 Å². The maximum atomic E-state index is 6.35. The van der Waals surface area contributed by atoms with E-state index in [2.05, 4.69) is 36.3 Å². The van der Waals surface area contributed by atoms with Crippen molar-refractivity contribution in [1.29, 1.82) is 0 Å². The van der Waals surface area contributed by atoms with Crippen LogP contribution in [0.1, 0.15) is 5.56 Å². The second-order valence-electron chi connectivity index (χ2n) is 6.80. The lowest BCUT2D eigenvalue weighted by atomic mass is 10.2. The normalized spacial score (nSPS) is 14.9. The van der Waals surface area contributed by atoms with Gasteiger partial charge in [0, 0.05) is 58.4 Å². The zero-order valence-corrected chi connectivity index (χ0v) is 17.1. The number of rotatable bonds is 4. The molecule has 1 saturated heterocycles. The minimum absolute atomic E-state index is 0.675. The molecule has 0 saturated carbocycles. The molecule has 0 atom stereocenters. The molecule has 1 aliphatic rings. The molecule has 1 aromatic carbocycles. The van der Waals surface area contributed by atoms with Gasteiger partial charge in [-0.15, -0.1) is 0 Å². The van der Waals surface area contributed by atoms with Gasteiger partial charge in [-0.1, -0.05) is 23.7 Å². The first-order valence-corrected chi connectivity index (χ1v) is 10.0. The second kappa shape index (κ2) is 8.96. The number of halogens is 1. The smallest absolute Gasteiger partial charge is 0.194 e. The van der Waals surface area contributed by atoms with Crippen LogP contribution in [0, 0.1) is 0 Å². The highest BCUT2D eigenvalue weighted by atomic mass is 35.5. The summed E-state index contributed by atoms with van der Waals surface area (Å²) in [7, 11) is 1.82. The Morgan fingerprint density at radius 2 is 1.93 bits per heavy atom. The highest BCUT2D eigenvalue weighted by molar-refractivity contribution is 6.33. The summed E-state index contributed by atoms with van der Waals surface area (Å²) in [6.07, 6.45) is 5.44. The van der Waals surface area contributed by atoms with E-state index in [4.69, 9.17) is 11.6 Å². The number of hydrogen-bond donors (Lipinski definition) is 1. The molecule has 1 aliphatic heterocycles. The zero-order valence-electron chi connectivity index (χ0n) is 16.4. The number of guanidine groups is 1. The van der Waals surface area contributed by atoms with Crippen LogP contribution in [-0.2, 0) is 6.54 Å². The van der Waals surface area contributed by atoms with Gasteiger partial charge in [-0.05, 0) is 35.9 Å². The van der Waals surface area contributed by atoms with Crippen LogP contribution in [0.3, 0.4) is 0 Å². The molecule has 0 radical (unpaired) electrons. The van der Waals surface area contributed by atoms with E-state index in [1.165, 1.54) is 0 Å². The van der Waals surface area contributed by atoms with Gasteiger partial charge in [0.25, 0.3) is 0 Å². The number of benzene rings is 1. The summed E-state index contributed by atoms with van der Waals surface area (Å²) in [5.41, 5.74) is 2.22. The quantitative estimate of drug-likeness (QED) is 0.530. The molecule has 0 bridgehead atoms. The van der Waals surface area contributed by atoms with Gasteiger partial charge in [0.05, 0.1) is 10.7 Å². The van der Waals surface area contributed by atoms with Crippen molar-refractivity contribution in [2.45, 2.75) is 6.54 Å². The summed E-state index contributed by atoms with van der Waals surface area (Å²) in [5, 5.41) is 8.51. The SMILES string of the molecule is CN=C(NCc1ccnc(-n2cccn2)c1)N1CCN(c2ccccc2Cl)CC1. The lowest BCUT2D eigenvalue weighted by Crippen LogP contribution is -2.52. The monoisotopic (exact) mass is 409 g/mol. The average molecular weight is 410 g/mol. The number of aliphatic imine (C=N–C) groups is 1. The van der Waals surface area contributed by atoms with Gasteiger partial charge in [-0.3, -0.25) is 4.99 Å². The third kappa shape index (κ3) is 4.51. The van der Waals surface area contributed by atoms with Crippen molar-refractivity contribution in [3.63, 3.8) is 0 Å². The largest absolute Gasteiger partial charge is 0.367 e. The summed E-state index contributed by atoms with van der Waals surface area (Å²) in [6.45, 7) is 4.26. The van der Waals surface area contributed by atoms with Gasteiger partial charge < -0.3 is 15.1 Å². The number of pyridine rings is 1. The molecule has 3 heterocycles. The lowest BCUT2D eigenvalue weighted by molar-refractivity contribution is 0.372. The van der Waals surface area contributed by atoms with Crippen molar-refractivity contribution in [2.75, 3.05) is 38.1 Å². The third-order valence-electron chi connectivity index (χ3n) is 4.98. The second-order valence-corrected chi connectivity index (χ2v) is 7.21. The molecule has 4 rings (SSSR count). The summed E-state index contributed by atoms with van der Waals surface area (Å²) in [5.74, 6) is 1.71. The van der Waals surface area contributed by atoms with Crippen molar-refractivity contribution in [1.82, 2.24) is 25.0 Å². The van der Waals surface area contributed by atoms with Crippen LogP contribution in [0.4, 0.5) is 5.69 Å². The van der Waals surface area contributed by atoms with Crippen molar-refractivity contribution in [3.05, 3.63) is 71.6 Å². The third-order valence-corrected chi connectivity index (χ3v) is 5.30. The Balaban J connectivity index is 1.35. The summed E-state index contributed by atoms with van der Waals surface area (Å²) < 4.78 is 1.76. The van der Waals surface area contributed by atoms with Crippen LogP contribution in [0.15, 0.2) is 66.0 Å². The maximum absolute atomic E-state index is 6.35. The Morgan fingerprint density at radius 1 is 1.10 bits per heavy atom. The molecular weight excluding hydrogens is 386 g/mol. The maximum Gasteiger partial charge on any atom is 0.194 e. The molecule has 29 heavy (non-hydrogen) atoms. The van der Waals surface area contributed by atoms with Gasteiger partial charge in [-0.2, -0.15) is 5.10 Å². The first-order chi connectivity index (χ1) is 14.2. The van der Waals surface area contributed by atoms with E-state index in [-0.39, 0.29) is 0 Å². The predicted molar refractivity (Wildman–Crippen MR) is 117 cm³/mol. The first-order valence-electron chi connectivity index (χ1n) is 9.64. The highest BCUT2D eigenvalue weighted by Crippen LogP contribution is 2.26. The van der Waals surface area contributed by atoms with E-state index in [1.807, 2.05) is 49.6 Å². The Labute approximate surface area is 175 Å². The number of piperazine rings is 1. The van der Waals surface area contributed by atoms with E-state index in [9.17, 15) is 0 Å². The Hall–Kier alpha value is -3.06. The fourth-order valence-electron chi connectivity index (χ4n) is 3.48. The number of aromatic nitrogens is 3. The van der Waals surface area contributed by atoms with Gasteiger partial charge in [0.15, 0.2) is 11.8 Å². The summed E-state index contributed by atoms with van der Waals surface area (Å²) in [6, 6.07) is 13.9. The van der Waals surface area contributed by atoms with E-state index in [0.29, 0.717) is 6.54 Å². The molecule has 0 spiro atoms. The topological polar surface area (TPSA) is 61.6 Å². The van der Waals surface area contributed by atoms with Crippen LogP contribution in [0.5, 0.6) is 0 Å². The van der Waals surface area contributed by atoms with Gasteiger partial charge in [0.1, 0.15) is 0 Å². The van der Waals surface area contributed by atoms with E-state index < -0.39 is 0 Å². The minimum atomic E-state index is 0.675. The van der Waals surface area contributed by atoms with Gasteiger partial charge in [-0.25, -0.2) is 9.67 Å². The minimum Gasteiger partial charge on any atom is -0.367 e. The van der Waals surface area contributed by atoms with Crippen molar-refractivity contribution in [3.8, 4) is 5.82 Å². The van der Waals surface area contributed by atoms with E-state index in [0.717, 1.165) is 54.2 Å². The Kier molecular flexibility index (Phi) is 5.95. The number of nitrogens with one attached hydrogen (secondary N) is 1. The van der Waals surface area contributed by atoms with Crippen LogP contribution in [0.25, 0.3) is 5.82 Å². The van der Waals surface area contributed by atoms with Crippen molar-refractivity contribution >= 4 is 23.2 Å². The van der Waals surface area contributed by atoms with Crippen LogP contribution in [0.2, 0.25) is 5.02 Å². The van der Waals surface area contributed by atoms with Gasteiger partial charge in [0.2, 0.25) is 0 Å². The van der Waals surface area contributed by atoms with Crippen molar-refractivity contribution < 1.29 is 0 Å². The molecule has 7 nitrogen and oxygen atoms in total. The molecule has 0 unspecified atom stereocenters. The number of hydrogen-bond acceptors (Lipinski definition) is 4. The standard InChI is InChI=1S/C21H24ClN7/c1-23-21(25-16-17-7-9-24-20(15-17)29-10-4-8-26-29)28-13-11-27(12-14-28)19-6-3-2-5-18(19)22/h2-10,15H,11-14,16H2,1H3,(H,23,25). The van der Waals surface area contributed by atoms with Crippen LogP contribution in [-0.4, -0.2) is 58.9 Å². The molecule has 2 aromatic heterocycles.